The molecule has 1 aliphatic heterocycles. The van der Waals surface area contributed by atoms with Crippen LogP contribution in [0.3, 0.4) is 0 Å². The maximum absolute atomic E-state index is 10.0. The van der Waals surface area contributed by atoms with E-state index in [0.717, 1.165) is 23.7 Å². The van der Waals surface area contributed by atoms with Gasteiger partial charge in [-0.05, 0) is 0 Å². The first kappa shape index (κ1) is 7.58. The van der Waals surface area contributed by atoms with Crippen molar-refractivity contribution in [2.24, 2.45) is 4.99 Å². The molecule has 0 aliphatic carbocycles. The van der Waals surface area contributed by atoms with Gasteiger partial charge in [0.25, 0.3) is 0 Å². The first-order valence-corrected chi connectivity index (χ1v) is 4.77. The highest BCUT2D eigenvalue weighted by molar-refractivity contribution is 7.98. The summed E-state index contributed by atoms with van der Waals surface area (Å²) in [5.74, 6) is 2.51. The Balaban J connectivity index is 2.44. The number of hydrogen-bond donors (Lipinski definition) is 0. The Kier molecular flexibility index (Phi) is 1.98. The fourth-order valence-electron chi connectivity index (χ4n) is 1.22. The molecule has 0 bridgehead atoms. The van der Waals surface area contributed by atoms with Gasteiger partial charge in [0.15, 0.2) is 0 Å². The van der Waals surface area contributed by atoms with Crippen molar-refractivity contribution in [1.29, 1.82) is 0 Å². The second kappa shape index (κ2) is 3.13. The predicted molar refractivity (Wildman–Crippen MR) is 46.2 cm³/mol. The normalized spacial score (nSPS) is 15.0. The van der Waals surface area contributed by atoms with Crippen LogP contribution in [0.4, 0.5) is 5.95 Å². The van der Waals surface area contributed by atoms with Crippen molar-refractivity contribution in [3.8, 4) is 0 Å². The Labute approximate surface area is 73.7 Å². The molecule has 0 amide bonds. The number of nitrogens with zero attached hydrogens (tertiary/aromatic N) is 3. The minimum Gasteiger partial charge on any atom is -0.310 e. The SMILES string of the molecule is O=C=Nc1ncc2n1CCSC2. The van der Waals surface area contributed by atoms with Gasteiger partial charge >= 0.3 is 0 Å². The molecule has 2 rings (SSSR count). The maximum atomic E-state index is 10.0. The third-order valence-electron chi connectivity index (χ3n) is 1.77. The lowest BCUT2D eigenvalue weighted by Gasteiger charge is -2.13. The molecular weight excluding hydrogens is 174 g/mol. The first-order chi connectivity index (χ1) is 5.92. The molecule has 1 aliphatic rings. The van der Waals surface area contributed by atoms with Gasteiger partial charge in [0.1, 0.15) is 0 Å². The standard InChI is InChI=1S/C7H7N3OS/c11-5-9-7-8-3-6-4-12-2-1-10(6)7/h3H,1-2,4H2. The number of fused-ring (bicyclic) bond motifs is 1. The number of carbonyl (C=O) groups excluding carboxylic acids is 1. The van der Waals surface area contributed by atoms with Gasteiger partial charge in [-0.1, -0.05) is 0 Å². The molecule has 0 saturated carbocycles. The fourth-order valence-corrected chi connectivity index (χ4v) is 2.12. The van der Waals surface area contributed by atoms with E-state index in [1.54, 1.807) is 6.20 Å². The molecule has 0 unspecified atom stereocenters. The molecule has 62 valence electrons. The number of aromatic nitrogens is 2. The highest BCUT2D eigenvalue weighted by atomic mass is 32.2. The summed E-state index contributed by atoms with van der Waals surface area (Å²) in [6.45, 7) is 0.889. The van der Waals surface area contributed by atoms with Crippen molar-refractivity contribution in [2.75, 3.05) is 5.75 Å². The topological polar surface area (TPSA) is 47.2 Å². The molecule has 0 radical (unpaired) electrons. The lowest BCUT2D eigenvalue weighted by Crippen LogP contribution is -2.09. The zero-order valence-corrected chi connectivity index (χ0v) is 7.17. The Morgan fingerprint density at radius 3 is 3.50 bits per heavy atom. The molecular formula is C7H7N3OS. The smallest absolute Gasteiger partial charge is 0.243 e. The van der Waals surface area contributed by atoms with Gasteiger partial charge in [-0.3, -0.25) is 0 Å². The number of imidazole rings is 1. The highest BCUT2D eigenvalue weighted by Crippen LogP contribution is 2.23. The molecule has 2 heterocycles. The van der Waals surface area contributed by atoms with E-state index >= 15 is 0 Å². The summed E-state index contributed by atoms with van der Waals surface area (Å²) in [7, 11) is 0. The van der Waals surface area contributed by atoms with Crippen molar-refractivity contribution in [2.45, 2.75) is 12.3 Å². The summed E-state index contributed by atoms with van der Waals surface area (Å²) in [5, 5.41) is 0. The second-order valence-corrected chi connectivity index (χ2v) is 3.56. The van der Waals surface area contributed by atoms with Crippen LogP contribution >= 0.6 is 11.8 Å². The molecule has 0 N–H and O–H groups in total. The van der Waals surface area contributed by atoms with Crippen LogP contribution in [-0.2, 0) is 17.1 Å². The first-order valence-electron chi connectivity index (χ1n) is 3.62. The summed E-state index contributed by atoms with van der Waals surface area (Å²) >= 11 is 1.87. The van der Waals surface area contributed by atoms with Crippen molar-refractivity contribution in [3.63, 3.8) is 0 Å². The zero-order chi connectivity index (χ0) is 8.39. The largest absolute Gasteiger partial charge is 0.310 e. The van der Waals surface area contributed by atoms with Crippen LogP contribution in [0.15, 0.2) is 11.2 Å². The number of rotatable bonds is 1. The Morgan fingerprint density at radius 2 is 2.67 bits per heavy atom. The average molecular weight is 181 g/mol. The summed E-state index contributed by atoms with van der Waals surface area (Å²) in [6, 6.07) is 0. The molecule has 0 fully saturated rings. The minimum absolute atomic E-state index is 0.486. The highest BCUT2D eigenvalue weighted by Gasteiger charge is 2.12. The van der Waals surface area contributed by atoms with Gasteiger partial charge in [-0.15, -0.1) is 4.99 Å². The molecule has 12 heavy (non-hydrogen) atoms. The lowest BCUT2D eigenvalue weighted by molar-refractivity contribution is 0.564. The van der Waals surface area contributed by atoms with E-state index in [4.69, 9.17) is 0 Å². The summed E-state index contributed by atoms with van der Waals surface area (Å²) in [6.07, 6.45) is 3.27. The van der Waals surface area contributed by atoms with Crippen LogP contribution in [0, 0.1) is 0 Å². The predicted octanol–water partition coefficient (Wildman–Crippen LogP) is 1.10. The molecule has 1 aromatic heterocycles. The van der Waals surface area contributed by atoms with Crippen molar-refractivity contribution < 1.29 is 4.79 Å². The van der Waals surface area contributed by atoms with E-state index in [-0.39, 0.29) is 0 Å². The average Bonchev–Trinajstić information content (AvgIpc) is 2.50. The molecule has 0 aromatic carbocycles. The Bertz CT molecular complexity index is 340. The Hall–Kier alpha value is -1.06. The van der Waals surface area contributed by atoms with E-state index in [9.17, 15) is 4.79 Å². The number of aliphatic imine (C=N–C) groups is 1. The van der Waals surface area contributed by atoms with E-state index in [1.165, 1.54) is 6.08 Å². The molecule has 0 saturated heterocycles. The summed E-state index contributed by atoms with van der Waals surface area (Å²) < 4.78 is 1.96. The molecule has 0 spiro atoms. The molecule has 5 heteroatoms. The van der Waals surface area contributed by atoms with Crippen LogP contribution in [0.2, 0.25) is 0 Å². The van der Waals surface area contributed by atoms with Crippen LogP contribution in [0.1, 0.15) is 5.69 Å². The van der Waals surface area contributed by atoms with Gasteiger partial charge in [-0.25, -0.2) is 9.78 Å². The number of isocyanates is 1. The van der Waals surface area contributed by atoms with Crippen molar-refractivity contribution >= 4 is 23.8 Å². The van der Waals surface area contributed by atoms with E-state index in [2.05, 4.69) is 9.98 Å². The van der Waals surface area contributed by atoms with Gasteiger partial charge < -0.3 is 4.57 Å². The fraction of sp³-hybridized carbons (Fsp3) is 0.429. The van der Waals surface area contributed by atoms with Gasteiger partial charge in [0, 0.05) is 23.7 Å². The molecule has 0 atom stereocenters. The quantitative estimate of drug-likeness (QED) is 0.481. The maximum Gasteiger partial charge on any atom is 0.243 e. The molecule has 4 nitrogen and oxygen atoms in total. The van der Waals surface area contributed by atoms with E-state index < -0.39 is 0 Å². The third kappa shape index (κ3) is 1.17. The molecule has 1 aromatic rings. The second-order valence-electron chi connectivity index (χ2n) is 2.46. The van der Waals surface area contributed by atoms with Crippen molar-refractivity contribution in [1.82, 2.24) is 9.55 Å². The lowest BCUT2D eigenvalue weighted by atomic mass is 10.5. The van der Waals surface area contributed by atoms with Gasteiger partial charge in [0.05, 0.1) is 6.20 Å². The number of hydrogen-bond acceptors (Lipinski definition) is 4. The summed E-state index contributed by atoms with van der Waals surface area (Å²) in [5.41, 5.74) is 1.14. The van der Waals surface area contributed by atoms with Crippen LogP contribution in [-0.4, -0.2) is 21.4 Å². The minimum atomic E-state index is 0.486. The third-order valence-corrected chi connectivity index (χ3v) is 2.74. The van der Waals surface area contributed by atoms with Crippen LogP contribution in [0.25, 0.3) is 0 Å². The van der Waals surface area contributed by atoms with Crippen molar-refractivity contribution in [3.05, 3.63) is 11.9 Å². The Morgan fingerprint density at radius 1 is 1.75 bits per heavy atom. The van der Waals surface area contributed by atoms with Gasteiger partial charge in [0.2, 0.25) is 12.0 Å². The van der Waals surface area contributed by atoms with E-state index in [1.807, 2.05) is 16.3 Å². The monoisotopic (exact) mass is 181 g/mol. The van der Waals surface area contributed by atoms with E-state index in [0.29, 0.717) is 5.95 Å². The van der Waals surface area contributed by atoms with Crippen LogP contribution < -0.4 is 0 Å². The van der Waals surface area contributed by atoms with Crippen LogP contribution in [0.5, 0.6) is 0 Å². The summed E-state index contributed by atoms with van der Waals surface area (Å²) in [4.78, 5) is 17.5. The van der Waals surface area contributed by atoms with Gasteiger partial charge in [-0.2, -0.15) is 11.8 Å². The number of thioether (sulfide) groups is 1. The zero-order valence-electron chi connectivity index (χ0n) is 6.36.